The fourth-order valence-electron chi connectivity index (χ4n) is 2.20. The van der Waals surface area contributed by atoms with Crippen molar-refractivity contribution in [1.29, 1.82) is 0 Å². The minimum Gasteiger partial charge on any atom is -0.459 e. The fourth-order valence-corrected chi connectivity index (χ4v) is 2.20. The van der Waals surface area contributed by atoms with Gasteiger partial charge in [-0.1, -0.05) is 36.4 Å². The number of carbonyl (C=O) groups is 1. The average molecular weight is 286 g/mol. The van der Waals surface area contributed by atoms with Crippen LogP contribution < -0.4 is 0 Å². The maximum Gasteiger partial charge on any atom is 0.374 e. The van der Waals surface area contributed by atoms with E-state index in [1.807, 2.05) is 30.3 Å². The van der Waals surface area contributed by atoms with Gasteiger partial charge in [-0.2, -0.15) is 0 Å². The lowest BCUT2D eigenvalue weighted by molar-refractivity contribution is 0.0288. The Hall–Kier alpha value is -2.33. The summed E-state index contributed by atoms with van der Waals surface area (Å²) in [7, 11) is 0. The molecule has 2 rings (SSSR count). The zero-order valence-electron chi connectivity index (χ0n) is 11.7. The van der Waals surface area contributed by atoms with Crippen LogP contribution in [0.4, 0.5) is 0 Å². The summed E-state index contributed by atoms with van der Waals surface area (Å²) < 4.78 is 10.3. The van der Waals surface area contributed by atoms with Crippen LogP contribution in [0.2, 0.25) is 0 Å². The smallest absolute Gasteiger partial charge is 0.374 e. The Morgan fingerprint density at radius 3 is 2.62 bits per heavy atom. The number of hydrogen-bond acceptors (Lipinski definition) is 4. The third-order valence-electron chi connectivity index (χ3n) is 3.43. The molecule has 0 aliphatic rings. The van der Waals surface area contributed by atoms with E-state index in [2.05, 4.69) is 6.58 Å². The molecule has 4 heteroatoms. The van der Waals surface area contributed by atoms with Gasteiger partial charge in [0, 0.05) is 0 Å². The van der Waals surface area contributed by atoms with Crippen LogP contribution in [0.25, 0.3) is 0 Å². The number of aliphatic hydroxyl groups excluding tert-OH is 1. The summed E-state index contributed by atoms with van der Waals surface area (Å²) in [4.78, 5) is 11.9. The first-order chi connectivity index (χ1) is 10.2. The minimum absolute atomic E-state index is 0.0546. The minimum atomic E-state index is -0.689. The van der Waals surface area contributed by atoms with Gasteiger partial charge >= 0.3 is 5.97 Å². The second-order valence-electron chi connectivity index (χ2n) is 4.85. The molecule has 0 bridgehead atoms. The maximum absolute atomic E-state index is 11.9. The van der Waals surface area contributed by atoms with Crippen molar-refractivity contribution in [1.82, 2.24) is 0 Å². The van der Waals surface area contributed by atoms with Gasteiger partial charge in [0.2, 0.25) is 5.76 Å². The van der Waals surface area contributed by atoms with Gasteiger partial charge in [0.25, 0.3) is 0 Å². The molecule has 1 heterocycles. The maximum atomic E-state index is 11.9. The largest absolute Gasteiger partial charge is 0.459 e. The predicted molar refractivity (Wildman–Crippen MR) is 79.0 cm³/mol. The number of allylic oxidation sites excluding steroid dienone is 1. The van der Waals surface area contributed by atoms with Gasteiger partial charge in [-0.15, -0.1) is 6.58 Å². The van der Waals surface area contributed by atoms with E-state index >= 15 is 0 Å². The number of ether oxygens (including phenoxy) is 1. The highest BCUT2D eigenvalue weighted by atomic mass is 16.5. The van der Waals surface area contributed by atoms with Gasteiger partial charge in [0.05, 0.1) is 18.3 Å². The van der Waals surface area contributed by atoms with Crippen molar-refractivity contribution in [3.63, 3.8) is 0 Å². The van der Waals surface area contributed by atoms with E-state index in [0.717, 1.165) is 5.56 Å². The first-order valence-corrected chi connectivity index (χ1v) is 6.70. The molecule has 0 radical (unpaired) electrons. The Morgan fingerprint density at radius 1 is 1.29 bits per heavy atom. The second-order valence-corrected chi connectivity index (χ2v) is 4.85. The third-order valence-corrected chi connectivity index (χ3v) is 3.43. The van der Waals surface area contributed by atoms with Crippen LogP contribution in [0.1, 0.15) is 22.5 Å². The molecule has 1 N–H and O–H groups in total. The van der Waals surface area contributed by atoms with Crippen LogP contribution in [-0.4, -0.2) is 24.3 Å². The summed E-state index contributed by atoms with van der Waals surface area (Å²) >= 11 is 0. The van der Waals surface area contributed by atoms with Crippen molar-refractivity contribution in [2.75, 3.05) is 13.2 Å². The zero-order chi connectivity index (χ0) is 15.1. The normalized spacial score (nSPS) is 13.4. The number of hydrogen-bond donors (Lipinski definition) is 1. The SMILES string of the molecule is C=CCC(CO)(COC(=O)c1ccco1)c1ccccc1. The second kappa shape index (κ2) is 6.90. The standard InChI is InChI=1S/C17H18O4/c1-2-10-17(12-18,14-7-4-3-5-8-14)13-21-16(19)15-9-6-11-20-15/h2-9,11,18H,1,10,12-13H2. The highest BCUT2D eigenvalue weighted by Crippen LogP contribution is 2.29. The number of furan rings is 1. The zero-order valence-corrected chi connectivity index (χ0v) is 11.7. The van der Waals surface area contributed by atoms with E-state index < -0.39 is 11.4 Å². The number of carbonyl (C=O) groups excluding carboxylic acids is 1. The van der Waals surface area contributed by atoms with E-state index in [0.29, 0.717) is 6.42 Å². The molecular weight excluding hydrogens is 268 g/mol. The lowest BCUT2D eigenvalue weighted by Crippen LogP contribution is -2.36. The first kappa shape index (κ1) is 15.1. The van der Waals surface area contributed by atoms with Crippen LogP contribution >= 0.6 is 0 Å². The molecule has 1 atom stereocenters. The molecule has 0 amide bonds. The number of esters is 1. The van der Waals surface area contributed by atoms with Gasteiger partial charge in [-0.3, -0.25) is 0 Å². The Balaban J connectivity index is 2.17. The Labute approximate surface area is 123 Å². The van der Waals surface area contributed by atoms with Crippen molar-refractivity contribution in [2.45, 2.75) is 11.8 Å². The van der Waals surface area contributed by atoms with Gasteiger partial charge in [-0.25, -0.2) is 4.79 Å². The van der Waals surface area contributed by atoms with Crippen molar-refractivity contribution in [2.24, 2.45) is 0 Å². The van der Waals surface area contributed by atoms with Gasteiger partial charge in [0.15, 0.2) is 0 Å². The van der Waals surface area contributed by atoms with E-state index in [1.54, 1.807) is 18.2 Å². The summed E-state index contributed by atoms with van der Waals surface area (Å²) in [6.45, 7) is 3.64. The van der Waals surface area contributed by atoms with E-state index in [9.17, 15) is 9.90 Å². The molecule has 2 aromatic rings. The quantitative estimate of drug-likeness (QED) is 0.628. The van der Waals surface area contributed by atoms with Crippen LogP contribution in [0.3, 0.4) is 0 Å². The van der Waals surface area contributed by atoms with Crippen molar-refractivity contribution in [3.05, 3.63) is 72.7 Å². The van der Waals surface area contributed by atoms with Gasteiger partial charge in [0.1, 0.15) is 6.61 Å². The Bertz CT molecular complexity index is 574. The van der Waals surface area contributed by atoms with Crippen LogP contribution in [0.5, 0.6) is 0 Å². The summed E-state index contributed by atoms with van der Waals surface area (Å²) in [6, 6.07) is 12.6. The van der Waals surface area contributed by atoms with Crippen LogP contribution in [0.15, 0.2) is 65.8 Å². The summed E-state index contributed by atoms with van der Waals surface area (Å²) in [5.74, 6) is -0.397. The number of rotatable bonds is 7. The molecule has 0 saturated heterocycles. The molecule has 1 aromatic carbocycles. The average Bonchev–Trinajstić information content (AvgIpc) is 3.06. The third kappa shape index (κ3) is 3.41. The fraction of sp³-hybridized carbons (Fsp3) is 0.235. The highest BCUT2D eigenvalue weighted by molar-refractivity contribution is 5.86. The molecule has 1 unspecified atom stereocenters. The molecule has 0 fully saturated rings. The molecule has 0 aliphatic carbocycles. The van der Waals surface area contributed by atoms with Gasteiger partial charge < -0.3 is 14.3 Å². The molecule has 21 heavy (non-hydrogen) atoms. The lowest BCUT2D eigenvalue weighted by atomic mass is 9.79. The molecule has 4 nitrogen and oxygen atoms in total. The molecule has 1 aromatic heterocycles. The van der Waals surface area contributed by atoms with Crippen molar-refractivity contribution in [3.8, 4) is 0 Å². The lowest BCUT2D eigenvalue weighted by Gasteiger charge is -2.30. The first-order valence-electron chi connectivity index (χ1n) is 6.70. The summed E-state index contributed by atoms with van der Waals surface area (Å²) in [5, 5.41) is 9.84. The van der Waals surface area contributed by atoms with E-state index in [1.165, 1.54) is 6.26 Å². The summed E-state index contributed by atoms with van der Waals surface area (Å²) in [5.41, 5.74) is 0.213. The molecule has 0 aliphatic heterocycles. The molecular formula is C17H18O4. The van der Waals surface area contributed by atoms with Crippen LogP contribution in [-0.2, 0) is 10.2 Å². The topological polar surface area (TPSA) is 59.7 Å². The van der Waals surface area contributed by atoms with Gasteiger partial charge in [-0.05, 0) is 24.1 Å². The Kier molecular flexibility index (Phi) is 4.95. The molecule has 0 spiro atoms. The van der Waals surface area contributed by atoms with Crippen molar-refractivity contribution < 1.29 is 19.1 Å². The van der Waals surface area contributed by atoms with E-state index in [4.69, 9.17) is 9.15 Å². The predicted octanol–water partition coefficient (Wildman–Crippen LogP) is 2.94. The highest BCUT2D eigenvalue weighted by Gasteiger charge is 2.32. The molecule has 110 valence electrons. The van der Waals surface area contributed by atoms with Crippen LogP contribution in [0, 0.1) is 0 Å². The Morgan fingerprint density at radius 2 is 2.05 bits per heavy atom. The number of benzene rings is 1. The monoisotopic (exact) mass is 286 g/mol. The van der Waals surface area contributed by atoms with E-state index in [-0.39, 0.29) is 19.0 Å². The summed E-state index contributed by atoms with van der Waals surface area (Å²) in [6.07, 6.45) is 3.62. The molecule has 0 saturated carbocycles. The van der Waals surface area contributed by atoms with Crippen molar-refractivity contribution >= 4 is 5.97 Å². The number of aliphatic hydroxyl groups is 1.